The van der Waals surface area contributed by atoms with Crippen molar-refractivity contribution in [2.24, 2.45) is 0 Å². The number of unbranched alkanes of at least 4 members (excludes halogenated alkanes) is 18. The Balaban J connectivity index is 3.53. The Morgan fingerprint density at radius 2 is 0.970 bits per heavy atom. The molecule has 0 saturated heterocycles. The highest BCUT2D eigenvalue weighted by molar-refractivity contribution is 7.75. The molecule has 0 saturated carbocycles. The van der Waals surface area contributed by atoms with E-state index in [1.54, 1.807) is 0 Å². The van der Waals surface area contributed by atoms with E-state index in [-0.39, 0.29) is 5.97 Å². The van der Waals surface area contributed by atoms with Gasteiger partial charge in [-0.1, -0.05) is 130 Å². The second-order valence-corrected chi connectivity index (χ2v) is 15.1. The maximum atomic E-state index is 11.3. The van der Waals surface area contributed by atoms with Crippen LogP contribution < -0.4 is 0 Å². The molecule has 0 rings (SSSR count). The summed E-state index contributed by atoms with van der Waals surface area (Å²) in [6.07, 6.45) is 33.5. The van der Waals surface area contributed by atoms with Crippen LogP contribution >= 0.6 is 7.26 Å². The van der Waals surface area contributed by atoms with Crippen molar-refractivity contribution in [3.8, 4) is 0 Å². The number of hydrogen-bond donors (Lipinski definition) is 0. The first-order valence-electron chi connectivity index (χ1n) is 14.7. The average molecular weight is 484 g/mol. The fourth-order valence-electron chi connectivity index (χ4n) is 4.70. The van der Waals surface area contributed by atoms with Gasteiger partial charge in [-0.05, 0) is 19.3 Å². The molecule has 33 heavy (non-hydrogen) atoms. The van der Waals surface area contributed by atoms with Crippen molar-refractivity contribution in [3.05, 3.63) is 12.7 Å². The first-order valence-corrected chi connectivity index (χ1v) is 17.5. The quantitative estimate of drug-likeness (QED) is 0.0529. The van der Waals surface area contributed by atoms with E-state index in [1.165, 1.54) is 147 Å². The summed E-state index contributed by atoms with van der Waals surface area (Å²) in [5, 5.41) is 0. The van der Waals surface area contributed by atoms with E-state index in [0.29, 0.717) is 6.61 Å². The lowest BCUT2D eigenvalue weighted by atomic mass is 10.0. The Labute approximate surface area is 209 Å². The van der Waals surface area contributed by atoms with Gasteiger partial charge in [0.1, 0.15) is 6.61 Å². The first kappa shape index (κ1) is 32.6. The lowest BCUT2D eigenvalue weighted by Gasteiger charge is -2.23. The van der Waals surface area contributed by atoms with Crippen molar-refractivity contribution < 1.29 is 9.53 Å². The molecule has 0 aromatic rings. The molecule has 0 spiro atoms. The molecule has 0 aliphatic carbocycles. The second kappa shape index (κ2) is 24.8. The summed E-state index contributed by atoms with van der Waals surface area (Å²) in [5.74, 6) is -0.273. The molecule has 3 heteroatoms. The lowest BCUT2D eigenvalue weighted by molar-refractivity contribution is -0.137. The summed E-state index contributed by atoms with van der Waals surface area (Å²) in [4.78, 5) is 11.3. The molecule has 0 radical (unpaired) electrons. The molecule has 0 aromatic heterocycles. The van der Waals surface area contributed by atoms with Crippen molar-refractivity contribution in [1.82, 2.24) is 0 Å². The molecule has 0 aliphatic heterocycles. The molecule has 0 bridgehead atoms. The van der Waals surface area contributed by atoms with E-state index in [0.717, 1.165) is 6.16 Å². The van der Waals surface area contributed by atoms with Crippen molar-refractivity contribution in [3.63, 3.8) is 0 Å². The van der Waals surface area contributed by atoms with Crippen molar-refractivity contribution >= 4 is 13.2 Å². The van der Waals surface area contributed by atoms with E-state index >= 15 is 0 Å². The molecule has 0 aliphatic rings. The monoisotopic (exact) mass is 483 g/mol. The SMILES string of the molecule is C=CC(=O)OCC[P+](C)(CCCC)CCCCCCCCCCCCCCCCCCCC. The topological polar surface area (TPSA) is 26.3 Å². The van der Waals surface area contributed by atoms with Gasteiger partial charge < -0.3 is 4.74 Å². The molecule has 0 amide bonds. The molecular formula is C30H60O2P+. The van der Waals surface area contributed by atoms with E-state index in [2.05, 4.69) is 27.1 Å². The summed E-state index contributed by atoms with van der Waals surface area (Å²) < 4.78 is 5.28. The Hall–Kier alpha value is -0.360. The number of rotatable bonds is 26. The van der Waals surface area contributed by atoms with E-state index < -0.39 is 7.26 Å². The molecule has 0 N–H and O–H groups in total. The third-order valence-electron chi connectivity index (χ3n) is 7.15. The highest BCUT2D eigenvalue weighted by Crippen LogP contribution is 2.56. The summed E-state index contributed by atoms with van der Waals surface area (Å²) >= 11 is 0. The number of hydrogen-bond acceptors (Lipinski definition) is 2. The zero-order valence-electron chi connectivity index (χ0n) is 23.0. The van der Waals surface area contributed by atoms with Gasteiger partial charge in [-0.2, -0.15) is 0 Å². The zero-order valence-corrected chi connectivity index (χ0v) is 23.9. The highest BCUT2D eigenvalue weighted by Gasteiger charge is 2.30. The van der Waals surface area contributed by atoms with Gasteiger partial charge in [0.2, 0.25) is 0 Å². The van der Waals surface area contributed by atoms with Crippen LogP contribution in [0.5, 0.6) is 0 Å². The minimum Gasteiger partial charge on any atom is -0.459 e. The van der Waals surface area contributed by atoms with Crippen LogP contribution in [0.2, 0.25) is 0 Å². The maximum Gasteiger partial charge on any atom is 0.330 e. The molecule has 0 aromatic carbocycles. The van der Waals surface area contributed by atoms with E-state index in [1.807, 2.05) is 0 Å². The van der Waals surface area contributed by atoms with Crippen LogP contribution in [-0.2, 0) is 9.53 Å². The standard InChI is InChI=1S/C30H60O2P/c1-5-8-10-11-12-13-14-15-16-17-18-19-20-21-22-23-24-25-28-33(4,27-9-6-2)29-26-32-30(31)7-3/h7H,3,5-6,8-29H2,1-2,4H3/q+1. The van der Waals surface area contributed by atoms with Crippen LogP contribution in [-0.4, -0.2) is 37.7 Å². The van der Waals surface area contributed by atoms with Gasteiger partial charge in [0.15, 0.2) is 0 Å². The molecule has 196 valence electrons. The fourth-order valence-corrected chi connectivity index (χ4v) is 7.97. The summed E-state index contributed by atoms with van der Waals surface area (Å²) in [7, 11) is -0.955. The smallest absolute Gasteiger partial charge is 0.330 e. The third kappa shape index (κ3) is 23.2. The van der Waals surface area contributed by atoms with Crippen LogP contribution in [0, 0.1) is 0 Å². The Bertz CT molecular complexity index is 437. The number of carbonyl (C=O) groups excluding carboxylic acids is 1. The average Bonchev–Trinajstić information content (AvgIpc) is 2.82. The molecule has 0 fully saturated rings. The fraction of sp³-hybridized carbons (Fsp3) is 0.900. The highest BCUT2D eigenvalue weighted by atomic mass is 31.2. The molecule has 0 heterocycles. The van der Waals surface area contributed by atoms with Gasteiger partial charge in [-0.15, -0.1) is 0 Å². The van der Waals surface area contributed by atoms with Crippen LogP contribution in [0.1, 0.15) is 142 Å². The maximum absolute atomic E-state index is 11.3. The first-order chi connectivity index (χ1) is 16.1. The number of ether oxygens (including phenoxy) is 1. The predicted molar refractivity (Wildman–Crippen MR) is 152 cm³/mol. The van der Waals surface area contributed by atoms with E-state index in [9.17, 15) is 4.79 Å². The normalized spacial score (nSPS) is 13.1. The van der Waals surface area contributed by atoms with Crippen molar-refractivity contribution in [2.45, 2.75) is 142 Å². The van der Waals surface area contributed by atoms with Gasteiger partial charge in [0.25, 0.3) is 0 Å². The van der Waals surface area contributed by atoms with Crippen molar-refractivity contribution in [1.29, 1.82) is 0 Å². The van der Waals surface area contributed by atoms with Crippen LogP contribution in [0.15, 0.2) is 12.7 Å². The summed E-state index contributed by atoms with van der Waals surface area (Å²) in [6.45, 7) is 11.1. The van der Waals surface area contributed by atoms with Gasteiger partial charge >= 0.3 is 5.97 Å². The Morgan fingerprint density at radius 3 is 1.36 bits per heavy atom. The minimum absolute atomic E-state index is 0.273. The largest absolute Gasteiger partial charge is 0.459 e. The summed E-state index contributed by atoms with van der Waals surface area (Å²) in [6, 6.07) is 0. The molecule has 1 atom stereocenters. The number of carbonyl (C=O) groups is 1. The molecule has 1 unspecified atom stereocenters. The molecular weight excluding hydrogens is 423 g/mol. The van der Waals surface area contributed by atoms with Gasteiger partial charge in [0, 0.05) is 20.0 Å². The zero-order chi connectivity index (χ0) is 24.5. The minimum atomic E-state index is -0.955. The van der Waals surface area contributed by atoms with Gasteiger partial charge in [-0.25, -0.2) is 4.79 Å². The van der Waals surface area contributed by atoms with Gasteiger partial charge in [-0.3, -0.25) is 0 Å². The van der Waals surface area contributed by atoms with Gasteiger partial charge in [0.05, 0.1) is 18.5 Å². The predicted octanol–water partition coefficient (Wildman–Crippen LogP) is 10.2. The number of esters is 1. The third-order valence-corrected chi connectivity index (χ3v) is 11.2. The van der Waals surface area contributed by atoms with Crippen molar-refractivity contribution in [2.75, 3.05) is 31.8 Å². The second-order valence-electron chi connectivity index (χ2n) is 10.5. The Morgan fingerprint density at radius 1 is 0.606 bits per heavy atom. The lowest BCUT2D eigenvalue weighted by Crippen LogP contribution is -2.13. The Kier molecular flexibility index (Phi) is 24.5. The van der Waals surface area contributed by atoms with Crippen LogP contribution in [0.25, 0.3) is 0 Å². The molecule has 2 nitrogen and oxygen atoms in total. The van der Waals surface area contributed by atoms with Crippen LogP contribution in [0.4, 0.5) is 0 Å². The van der Waals surface area contributed by atoms with Crippen LogP contribution in [0.3, 0.4) is 0 Å². The van der Waals surface area contributed by atoms with E-state index in [4.69, 9.17) is 4.74 Å². The summed E-state index contributed by atoms with van der Waals surface area (Å²) in [5.41, 5.74) is 0.